The van der Waals surface area contributed by atoms with Crippen molar-refractivity contribution in [3.8, 4) is 0 Å². The van der Waals surface area contributed by atoms with Crippen molar-refractivity contribution < 1.29 is 4.79 Å². The Morgan fingerprint density at radius 2 is 2.04 bits per heavy atom. The molecule has 3 aromatic rings. The van der Waals surface area contributed by atoms with Gasteiger partial charge in [0, 0.05) is 12.2 Å². The number of aromatic amines is 1. The summed E-state index contributed by atoms with van der Waals surface area (Å²) < 4.78 is 1.53. The molecule has 0 fully saturated rings. The Labute approximate surface area is 135 Å². The predicted octanol–water partition coefficient (Wildman–Crippen LogP) is 1.43. The molecule has 0 amide bonds. The number of aromatic nitrogens is 4. The van der Waals surface area contributed by atoms with E-state index in [-0.39, 0.29) is 11.5 Å². The van der Waals surface area contributed by atoms with Gasteiger partial charge in [-0.3, -0.25) is 4.57 Å². The van der Waals surface area contributed by atoms with Gasteiger partial charge in [-0.15, -0.1) is 0 Å². The standard InChI is InChI=1S/C15H15N5O2S/c16-12-11-13(19-14(18-12)23-8-4-7-21)20(15(22)17-11)9-10-5-2-1-3-6-10/h1-3,5-7H,4,8-9H2,(H,17,22)(H2,16,18,19). The van der Waals surface area contributed by atoms with Gasteiger partial charge in [-0.05, 0) is 5.56 Å². The number of nitrogens with two attached hydrogens (primary N) is 1. The van der Waals surface area contributed by atoms with E-state index in [0.717, 1.165) is 11.8 Å². The van der Waals surface area contributed by atoms with Gasteiger partial charge in [-0.25, -0.2) is 14.8 Å². The van der Waals surface area contributed by atoms with Gasteiger partial charge < -0.3 is 15.5 Å². The number of carbonyl (C=O) groups is 1. The van der Waals surface area contributed by atoms with Crippen molar-refractivity contribution in [3.63, 3.8) is 0 Å². The molecule has 0 atom stereocenters. The SMILES string of the molecule is Nc1nc(SCCC=O)nc2c1[nH]c(=O)n2Cc1ccccc1. The summed E-state index contributed by atoms with van der Waals surface area (Å²) in [5.74, 6) is 0.800. The maximum Gasteiger partial charge on any atom is 0.328 e. The molecule has 8 heteroatoms. The number of carbonyl (C=O) groups excluding carboxylic acids is 1. The first-order chi connectivity index (χ1) is 11.2. The van der Waals surface area contributed by atoms with Gasteiger partial charge in [-0.2, -0.15) is 0 Å². The number of benzene rings is 1. The highest BCUT2D eigenvalue weighted by molar-refractivity contribution is 7.99. The minimum atomic E-state index is -0.278. The number of fused-ring (bicyclic) bond motifs is 1. The van der Waals surface area contributed by atoms with Gasteiger partial charge in [0.1, 0.15) is 11.8 Å². The van der Waals surface area contributed by atoms with Crippen molar-refractivity contribution in [1.29, 1.82) is 0 Å². The van der Waals surface area contributed by atoms with Crippen LogP contribution in [0.1, 0.15) is 12.0 Å². The molecule has 1 aromatic carbocycles. The van der Waals surface area contributed by atoms with Crippen molar-refractivity contribution in [3.05, 3.63) is 46.4 Å². The Balaban J connectivity index is 2.01. The highest BCUT2D eigenvalue weighted by Crippen LogP contribution is 2.21. The van der Waals surface area contributed by atoms with E-state index in [4.69, 9.17) is 5.73 Å². The average molecular weight is 329 g/mol. The topological polar surface area (TPSA) is 107 Å². The van der Waals surface area contributed by atoms with Crippen molar-refractivity contribution >= 4 is 35.0 Å². The lowest BCUT2D eigenvalue weighted by Crippen LogP contribution is -2.17. The van der Waals surface area contributed by atoms with Crippen LogP contribution in [-0.4, -0.2) is 31.6 Å². The lowest BCUT2D eigenvalue weighted by molar-refractivity contribution is -0.107. The van der Waals surface area contributed by atoms with E-state index in [9.17, 15) is 9.59 Å². The Morgan fingerprint density at radius 1 is 1.26 bits per heavy atom. The number of nitrogens with one attached hydrogen (secondary N) is 1. The highest BCUT2D eigenvalue weighted by atomic mass is 32.2. The highest BCUT2D eigenvalue weighted by Gasteiger charge is 2.14. The maximum atomic E-state index is 12.2. The van der Waals surface area contributed by atoms with Crippen molar-refractivity contribution in [2.75, 3.05) is 11.5 Å². The second-order valence-corrected chi connectivity index (χ2v) is 5.96. The molecule has 0 bridgehead atoms. The lowest BCUT2D eigenvalue weighted by Gasteiger charge is -2.05. The van der Waals surface area contributed by atoms with Gasteiger partial charge >= 0.3 is 5.69 Å². The normalized spacial score (nSPS) is 11.0. The minimum absolute atomic E-state index is 0.229. The Morgan fingerprint density at radius 3 is 2.78 bits per heavy atom. The van der Waals surface area contributed by atoms with Crippen LogP contribution in [0.3, 0.4) is 0 Å². The summed E-state index contributed by atoms with van der Waals surface area (Å²) in [4.78, 5) is 33.9. The first-order valence-corrected chi connectivity index (χ1v) is 8.04. The molecule has 0 aliphatic heterocycles. The second-order valence-electron chi connectivity index (χ2n) is 4.90. The molecule has 0 unspecified atom stereocenters. The number of H-pyrrole nitrogens is 1. The van der Waals surface area contributed by atoms with Crippen LogP contribution >= 0.6 is 11.8 Å². The molecule has 23 heavy (non-hydrogen) atoms. The number of imidazole rings is 1. The van der Waals surface area contributed by atoms with Crippen molar-refractivity contribution in [2.24, 2.45) is 0 Å². The summed E-state index contributed by atoms with van der Waals surface area (Å²) in [5, 5.41) is 0.456. The van der Waals surface area contributed by atoms with E-state index in [1.807, 2.05) is 30.3 Å². The van der Waals surface area contributed by atoms with Crippen LogP contribution in [0.4, 0.5) is 5.82 Å². The van der Waals surface area contributed by atoms with Gasteiger partial charge in [0.15, 0.2) is 16.6 Å². The second kappa shape index (κ2) is 6.66. The zero-order valence-electron chi connectivity index (χ0n) is 12.2. The molecule has 7 nitrogen and oxygen atoms in total. The van der Waals surface area contributed by atoms with Crippen LogP contribution < -0.4 is 11.4 Å². The Hall–Kier alpha value is -2.61. The smallest absolute Gasteiger partial charge is 0.328 e. The van der Waals surface area contributed by atoms with E-state index in [1.54, 1.807) is 0 Å². The fourth-order valence-electron chi connectivity index (χ4n) is 2.21. The molecule has 0 radical (unpaired) electrons. The molecule has 0 aliphatic carbocycles. The van der Waals surface area contributed by atoms with Crippen LogP contribution in [0.25, 0.3) is 11.2 Å². The maximum absolute atomic E-state index is 12.2. The molecule has 3 rings (SSSR count). The number of anilines is 1. The Kier molecular flexibility index (Phi) is 4.42. The number of hydrogen-bond acceptors (Lipinski definition) is 6. The molecule has 2 aromatic heterocycles. The first kappa shape index (κ1) is 15.3. The van der Waals surface area contributed by atoms with Gasteiger partial charge in [0.05, 0.1) is 6.54 Å². The van der Waals surface area contributed by atoms with Gasteiger partial charge in [-0.1, -0.05) is 42.1 Å². The summed E-state index contributed by atoms with van der Waals surface area (Å²) in [6.45, 7) is 0.397. The summed E-state index contributed by atoms with van der Waals surface area (Å²) in [6, 6.07) is 9.63. The molecule has 0 saturated carbocycles. The van der Waals surface area contributed by atoms with Crippen LogP contribution in [0.15, 0.2) is 40.3 Å². The third-order valence-electron chi connectivity index (χ3n) is 3.28. The number of hydrogen-bond donors (Lipinski definition) is 2. The quantitative estimate of drug-likeness (QED) is 0.307. The molecule has 2 heterocycles. The molecule has 118 valence electrons. The Bertz CT molecular complexity index is 888. The predicted molar refractivity (Wildman–Crippen MR) is 89.5 cm³/mol. The zero-order chi connectivity index (χ0) is 16.2. The van der Waals surface area contributed by atoms with E-state index in [2.05, 4.69) is 15.0 Å². The third kappa shape index (κ3) is 3.26. The summed E-state index contributed by atoms with van der Waals surface area (Å²) in [5.41, 5.74) is 7.54. The van der Waals surface area contributed by atoms with Crippen LogP contribution in [0.5, 0.6) is 0 Å². The monoisotopic (exact) mass is 329 g/mol. The number of aldehydes is 1. The van der Waals surface area contributed by atoms with Crippen molar-refractivity contribution in [1.82, 2.24) is 19.5 Å². The van der Waals surface area contributed by atoms with E-state index < -0.39 is 0 Å². The number of thioether (sulfide) groups is 1. The van der Waals surface area contributed by atoms with Gasteiger partial charge in [0.25, 0.3) is 0 Å². The van der Waals surface area contributed by atoms with E-state index >= 15 is 0 Å². The largest absolute Gasteiger partial charge is 0.382 e. The van der Waals surface area contributed by atoms with Crippen LogP contribution in [-0.2, 0) is 11.3 Å². The first-order valence-electron chi connectivity index (χ1n) is 7.05. The van der Waals surface area contributed by atoms with Crippen LogP contribution in [0.2, 0.25) is 0 Å². The summed E-state index contributed by atoms with van der Waals surface area (Å²) in [7, 11) is 0. The molecule has 3 N–H and O–H groups in total. The van der Waals surface area contributed by atoms with E-state index in [1.165, 1.54) is 16.3 Å². The number of nitrogens with zero attached hydrogens (tertiary/aromatic N) is 3. The average Bonchev–Trinajstić information content (AvgIpc) is 2.86. The van der Waals surface area contributed by atoms with E-state index in [0.29, 0.717) is 35.0 Å². The molecule has 0 aliphatic rings. The lowest BCUT2D eigenvalue weighted by atomic mass is 10.2. The van der Waals surface area contributed by atoms with Gasteiger partial charge in [0.2, 0.25) is 0 Å². The minimum Gasteiger partial charge on any atom is -0.382 e. The fraction of sp³-hybridized carbons (Fsp3) is 0.200. The molecular weight excluding hydrogens is 314 g/mol. The van der Waals surface area contributed by atoms with Crippen LogP contribution in [0, 0.1) is 0 Å². The molecule has 0 saturated heterocycles. The zero-order valence-corrected chi connectivity index (χ0v) is 13.0. The van der Waals surface area contributed by atoms with Crippen molar-refractivity contribution in [2.45, 2.75) is 18.1 Å². The molecule has 0 spiro atoms. The summed E-state index contributed by atoms with van der Waals surface area (Å²) in [6.07, 6.45) is 1.26. The molecular formula is C15H15N5O2S. The number of rotatable bonds is 6. The fourth-order valence-corrected chi connectivity index (χ4v) is 2.92. The third-order valence-corrected chi connectivity index (χ3v) is 4.16. The number of nitrogen functional groups attached to an aromatic ring is 1. The summed E-state index contributed by atoms with van der Waals surface area (Å²) >= 11 is 1.34.